The van der Waals surface area contributed by atoms with E-state index in [1.54, 1.807) is 11.3 Å². The van der Waals surface area contributed by atoms with Gasteiger partial charge < -0.3 is 10.2 Å². The Morgan fingerprint density at radius 1 is 1.39 bits per heavy atom. The van der Waals surface area contributed by atoms with Crippen LogP contribution >= 0.6 is 22.9 Å². The lowest BCUT2D eigenvalue weighted by molar-refractivity contribution is 0.261. The SMILES string of the molecule is CN1CCC[C@@H](Nc2nnc(Cl)c3cscc23)C1. The van der Waals surface area contributed by atoms with Crippen molar-refractivity contribution >= 4 is 39.5 Å². The van der Waals surface area contributed by atoms with Gasteiger partial charge in [0.2, 0.25) is 0 Å². The summed E-state index contributed by atoms with van der Waals surface area (Å²) in [6.45, 7) is 2.23. The standard InChI is InChI=1S/C12H15ClN4S/c1-17-4-2-3-8(5-17)14-12-10-7-18-6-9(10)11(13)15-16-12/h6-8H,2-5H2,1H3,(H,14,16)/t8-/m1/s1. The summed E-state index contributed by atoms with van der Waals surface area (Å²) in [5, 5.41) is 18.3. The monoisotopic (exact) mass is 282 g/mol. The summed E-state index contributed by atoms with van der Waals surface area (Å²) in [4.78, 5) is 2.34. The molecule has 3 heterocycles. The van der Waals surface area contributed by atoms with E-state index in [1.165, 1.54) is 19.4 Å². The van der Waals surface area contributed by atoms with Gasteiger partial charge in [0, 0.05) is 34.1 Å². The van der Waals surface area contributed by atoms with Crippen molar-refractivity contribution in [1.82, 2.24) is 15.1 Å². The predicted molar refractivity (Wildman–Crippen MR) is 76.6 cm³/mol. The van der Waals surface area contributed by atoms with Crippen LogP contribution in [0.4, 0.5) is 5.82 Å². The fourth-order valence-corrected chi connectivity index (χ4v) is 3.50. The highest BCUT2D eigenvalue weighted by atomic mass is 35.5. The molecule has 1 fully saturated rings. The number of hydrogen-bond donors (Lipinski definition) is 1. The van der Waals surface area contributed by atoms with Gasteiger partial charge in [-0.05, 0) is 26.4 Å². The van der Waals surface area contributed by atoms with Crippen LogP contribution in [0.3, 0.4) is 0 Å². The van der Waals surface area contributed by atoms with Gasteiger partial charge in [-0.2, -0.15) is 11.3 Å². The number of likely N-dealkylation sites (tertiary alicyclic amines) is 1. The molecule has 1 aliphatic heterocycles. The molecule has 0 aliphatic carbocycles. The molecule has 4 nitrogen and oxygen atoms in total. The van der Waals surface area contributed by atoms with Crippen LogP contribution < -0.4 is 5.32 Å². The maximum absolute atomic E-state index is 6.03. The molecule has 6 heteroatoms. The number of piperidine rings is 1. The molecule has 0 amide bonds. The lowest BCUT2D eigenvalue weighted by atomic mass is 10.1. The number of nitrogens with one attached hydrogen (secondary N) is 1. The van der Waals surface area contributed by atoms with E-state index < -0.39 is 0 Å². The molecule has 0 saturated carbocycles. The van der Waals surface area contributed by atoms with E-state index in [1.807, 2.05) is 5.38 Å². The smallest absolute Gasteiger partial charge is 0.160 e. The molecule has 0 spiro atoms. The Morgan fingerprint density at radius 2 is 2.22 bits per heavy atom. The van der Waals surface area contributed by atoms with Gasteiger partial charge in [-0.1, -0.05) is 11.6 Å². The normalized spacial score (nSPS) is 21.3. The highest BCUT2D eigenvalue weighted by Gasteiger charge is 2.19. The molecule has 1 aliphatic rings. The third kappa shape index (κ3) is 2.30. The minimum Gasteiger partial charge on any atom is -0.364 e. The summed E-state index contributed by atoms with van der Waals surface area (Å²) < 4.78 is 0. The summed E-state index contributed by atoms with van der Waals surface area (Å²) in [6.07, 6.45) is 2.41. The molecular weight excluding hydrogens is 268 g/mol. The Kier molecular flexibility index (Phi) is 3.37. The van der Waals surface area contributed by atoms with Crippen LogP contribution in [0.2, 0.25) is 5.15 Å². The van der Waals surface area contributed by atoms with Crippen LogP contribution in [0.1, 0.15) is 12.8 Å². The van der Waals surface area contributed by atoms with Crippen LogP contribution in [-0.2, 0) is 0 Å². The van der Waals surface area contributed by atoms with E-state index >= 15 is 0 Å². The van der Waals surface area contributed by atoms with E-state index in [2.05, 4.69) is 32.8 Å². The van der Waals surface area contributed by atoms with Gasteiger partial charge in [-0.25, -0.2) is 0 Å². The van der Waals surface area contributed by atoms with E-state index in [4.69, 9.17) is 11.6 Å². The fourth-order valence-electron chi connectivity index (χ4n) is 2.43. The van der Waals surface area contributed by atoms with E-state index in [0.717, 1.165) is 23.1 Å². The van der Waals surface area contributed by atoms with E-state index in [0.29, 0.717) is 11.2 Å². The van der Waals surface area contributed by atoms with Crippen LogP contribution in [-0.4, -0.2) is 41.3 Å². The summed E-state index contributed by atoms with van der Waals surface area (Å²) in [5.41, 5.74) is 0. The van der Waals surface area contributed by atoms with Crippen molar-refractivity contribution in [2.24, 2.45) is 0 Å². The first-order valence-corrected chi connectivity index (χ1v) is 7.39. The molecule has 0 bridgehead atoms. The first kappa shape index (κ1) is 12.1. The average Bonchev–Trinajstić information content (AvgIpc) is 2.83. The second-order valence-corrected chi connectivity index (χ2v) is 5.89. The quantitative estimate of drug-likeness (QED) is 0.920. The number of hydrogen-bond acceptors (Lipinski definition) is 5. The zero-order valence-corrected chi connectivity index (χ0v) is 11.8. The van der Waals surface area contributed by atoms with Crippen molar-refractivity contribution in [3.63, 3.8) is 0 Å². The third-order valence-corrected chi connectivity index (χ3v) is 4.37. The van der Waals surface area contributed by atoms with Crippen molar-refractivity contribution in [3.05, 3.63) is 15.9 Å². The summed E-state index contributed by atoms with van der Waals surface area (Å²) in [5.74, 6) is 0.857. The molecule has 2 aromatic heterocycles. The third-order valence-electron chi connectivity index (χ3n) is 3.34. The van der Waals surface area contributed by atoms with E-state index in [-0.39, 0.29) is 0 Å². The minimum atomic E-state index is 0.447. The maximum Gasteiger partial charge on any atom is 0.160 e. The van der Waals surface area contributed by atoms with Crippen LogP contribution in [0, 0.1) is 0 Å². The number of likely N-dealkylation sites (N-methyl/N-ethyl adjacent to an activating group) is 1. The molecule has 0 unspecified atom stereocenters. The lowest BCUT2D eigenvalue weighted by Gasteiger charge is -2.30. The topological polar surface area (TPSA) is 41.0 Å². The largest absolute Gasteiger partial charge is 0.364 e. The van der Waals surface area contributed by atoms with Crippen molar-refractivity contribution < 1.29 is 0 Å². The molecule has 3 rings (SSSR count). The molecule has 2 aromatic rings. The van der Waals surface area contributed by atoms with Crippen LogP contribution in [0.15, 0.2) is 10.8 Å². The molecule has 0 aromatic carbocycles. The van der Waals surface area contributed by atoms with Crippen LogP contribution in [0.5, 0.6) is 0 Å². The fraction of sp³-hybridized carbons (Fsp3) is 0.500. The zero-order chi connectivity index (χ0) is 12.5. The minimum absolute atomic E-state index is 0.447. The number of rotatable bonds is 2. The zero-order valence-electron chi connectivity index (χ0n) is 10.2. The van der Waals surface area contributed by atoms with Gasteiger partial charge in [0.05, 0.1) is 0 Å². The van der Waals surface area contributed by atoms with Crippen LogP contribution in [0.25, 0.3) is 10.8 Å². The molecule has 1 atom stereocenters. The average molecular weight is 283 g/mol. The molecule has 1 saturated heterocycles. The van der Waals surface area contributed by atoms with Crippen molar-refractivity contribution in [2.75, 3.05) is 25.5 Å². The lowest BCUT2D eigenvalue weighted by Crippen LogP contribution is -2.39. The van der Waals surface area contributed by atoms with Gasteiger partial charge in [0.25, 0.3) is 0 Å². The van der Waals surface area contributed by atoms with Gasteiger partial charge in [0.15, 0.2) is 11.0 Å². The predicted octanol–water partition coefficient (Wildman–Crippen LogP) is 2.85. The van der Waals surface area contributed by atoms with Crippen molar-refractivity contribution in [3.8, 4) is 0 Å². The second kappa shape index (κ2) is 4.99. The number of halogens is 1. The Bertz CT molecular complexity index is 556. The number of fused-ring (bicyclic) bond motifs is 1. The van der Waals surface area contributed by atoms with Crippen molar-refractivity contribution in [1.29, 1.82) is 0 Å². The molecule has 96 valence electrons. The molecule has 0 radical (unpaired) electrons. The molecule has 18 heavy (non-hydrogen) atoms. The Morgan fingerprint density at radius 3 is 3.06 bits per heavy atom. The molecular formula is C12H15ClN4S. The summed E-state index contributed by atoms with van der Waals surface area (Å²) in [7, 11) is 2.15. The summed E-state index contributed by atoms with van der Waals surface area (Å²) >= 11 is 7.66. The van der Waals surface area contributed by atoms with Gasteiger partial charge in [0.1, 0.15) is 0 Å². The second-order valence-electron chi connectivity index (χ2n) is 4.78. The summed E-state index contributed by atoms with van der Waals surface area (Å²) in [6, 6.07) is 0.447. The Hall–Kier alpha value is -0.910. The van der Waals surface area contributed by atoms with E-state index in [9.17, 15) is 0 Å². The number of anilines is 1. The number of thiophene rings is 1. The maximum atomic E-state index is 6.03. The first-order valence-electron chi connectivity index (χ1n) is 6.07. The highest BCUT2D eigenvalue weighted by molar-refractivity contribution is 7.09. The number of aromatic nitrogens is 2. The van der Waals surface area contributed by atoms with Gasteiger partial charge >= 0.3 is 0 Å². The van der Waals surface area contributed by atoms with Gasteiger partial charge in [-0.3, -0.25) is 0 Å². The Labute approximate surface area is 115 Å². The highest BCUT2D eigenvalue weighted by Crippen LogP contribution is 2.30. The van der Waals surface area contributed by atoms with Gasteiger partial charge in [-0.15, -0.1) is 10.2 Å². The Balaban J connectivity index is 1.86. The number of nitrogens with zero attached hydrogens (tertiary/aromatic N) is 3. The first-order chi connectivity index (χ1) is 8.74. The molecule has 1 N–H and O–H groups in total. The van der Waals surface area contributed by atoms with Crippen molar-refractivity contribution in [2.45, 2.75) is 18.9 Å².